The number of nitrogens with zero attached hydrogens (tertiary/aromatic N) is 2. The van der Waals surface area contributed by atoms with Crippen LogP contribution in [0.1, 0.15) is 18.9 Å². The second-order valence-corrected chi connectivity index (χ2v) is 3.60. The van der Waals surface area contributed by atoms with E-state index in [1.165, 1.54) is 0 Å². The van der Waals surface area contributed by atoms with Gasteiger partial charge in [-0.15, -0.1) is 0 Å². The smallest absolute Gasteiger partial charge is 0.101 e. The highest BCUT2D eigenvalue weighted by molar-refractivity contribution is 5.64. The molecule has 1 rings (SSSR count). The summed E-state index contributed by atoms with van der Waals surface area (Å²) < 4.78 is 0. The lowest BCUT2D eigenvalue weighted by Gasteiger charge is -2.24. The van der Waals surface area contributed by atoms with Gasteiger partial charge in [-0.25, -0.2) is 0 Å². The number of benzene rings is 1. The van der Waals surface area contributed by atoms with Crippen LogP contribution in [0.5, 0.6) is 0 Å². The molecule has 0 saturated heterocycles. The van der Waals surface area contributed by atoms with Gasteiger partial charge in [0.2, 0.25) is 0 Å². The average Bonchev–Trinajstić information content (AvgIpc) is 2.28. The van der Waals surface area contributed by atoms with Crippen molar-refractivity contribution in [2.24, 2.45) is 0 Å². The van der Waals surface area contributed by atoms with Crippen LogP contribution in [-0.2, 0) is 0 Å². The van der Waals surface area contributed by atoms with Crippen molar-refractivity contribution in [3.8, 4) is 6.07 Å². The summed E-state index contributed by atoms with van der Waals surface area (Å²) in [7, 11) is 0. The number of nitrogen functional groups attached to an aromatic ring is 1. The standard InChI is InChI=1S/C12H17N3O/c1-2-5-15(6-7-16)12-4-3-11(14)8-10(12)9-13/h3-4,8,16H,2,5-7,14H2,1H3. The first-order valence-electron chi connectivity index (χ1n) is 5.38. The number of aliphatic hydroxyl groups excluding tert-OH is 1. The molecule has 1 aromatic carbocycles. The molecule has 0 heterocycles. The summed E-state index contributed by atoms with van der Waals surface area (Å²) in [6.07, 6.45) is 0.968. The molecular weight excluding hydrogens is 202 g/mol. The largest absolute Gasteiger partial charge is 0.399 e. The molecule has 0 atom stereocenters. The zero-order valence-electron chi connectivity index (χ0n) is 9.48. The Balaban J connectivity index is 3.03. The number of nitriles is 1. The van der Waals surface area contributed by atoms with Gasteiger partial charge in [0.05, 0.1) is 17.9 Å². The molecule has 0 fully saturated rings. The molecule has 16 heavy (non-hydrogen) atoms. The average molecular weight is 219 g/mol. The van der Waals surface area contributed by atoms with E-state index in [0.29, 0.717) is 17.8 Å². The molecule has 0 radical (unpaired) electrons. The Kier molecular flexibility index (Phi) is 4.62. The first-order chi connectivity index (χ1) is 7.72. The zero-order chi connectivity index (χ0) is 12.0. The van der Waals surface area contributed by atoms with Gasteiger partial charge in [-0.2, -0.15) is 5.26 Å². The summed E-state index contributed by atoms with van der Waals surface area (Å²) in [6, 6.07) is 7.40. The minimum absolute atomic E-state index is 0.0786. The van der Waals surface area contributed by atoms with Crippen molar-refractivity contribution in [2.75, 3.05) is 30.3 Å². The summed E-state index contributed by atoms with van der Waals surface area (Å²) in [5, 5.41) is 18.0. The fourth-order valence-corrected chi connectivity index (χ4v) is 1.66. The van der Waals surface area contributed by atoms with E-state index in [0.717, 1.165) is 18.7 Å². The van der Waals surface area contributed by atoms with Crippen LogP contribution in [0, 0.1) is 11.3 Å². The number of nitrogens with two attached hydrogens (primary N) is 1. The monoisotopic (exact) mass is 219 g/mol. The Morgan fingerprint density at radius 3 is 2.75 bits per heavy atom. The second-order valence-electron chi connectivity index (χ2n) is 3.60. The van der Waals surface area contributed by atoms with Crippen molar-refractivity contribution in [3.05, 3.63) is 23.8 Å². The molecule has 0 spiro atoms. The SMILES string of the molecule is CCCN(CCO)c1ccc(N)cc1C#N. The number of aliphatic hydroxyl groups is 1. The van der Waals surface area contributed by atoms with E-state index < -0.39 is 0 Å². The third kappa shape index (κ3) is 2.88. The fraction of sp³-hybridized carbons (Fsp3) is 0.417. The summed E-state index contributed by atoms with van der Waals surface area (Å²) in [5.41, 5.74) is 7.61. The lowest BCUT2D eigenvalue weighted by Crippen LogP contribution is -2.28. The molecule has 0 bridgehead atoms. The van der Waals surface area contributed by atoms with Crippen LogP contribution in [-0.4, -0.2) is 24.8 Å². The van der Waals surface area contributed by atoms with Gasteiger partial charge in [-0.3, -0.25) is 0 Å². The van der Waals surface area contributed by atoms with E-state index in [4.69, 9.17) is 16.1 Å². The number of hydrogen-bond donors (Lipinski definition) is 2. The molecule has 4 nitrogen and oxygen atoms in total. The molecule has 1 aromatic rings. The van der Waals surface area contributed by atoms with E-state index in [1.54, 1.807) is 12.1 Å². The number of rotatable bonds is 5. The normalized spacial score (nSPS) is 9.81. The van der Waals surface area contributed by atoms with Crippen molar-refractivity contribution in [3.63, 3.8) is 0 Å². The van der Waals surface area contributed by atoms with Gasteiger partial charge in [0.15, 0.2) is 0 Å². The Morgan fingerprint density at radius 2 is 2.19 bits per heavy atom. The maximum atomic E-state index is 9.03. The molecule has 0 aliphatic rings. The first kappa shape index (κ1) is 12.3. The van der Waals surface area contributed by atoms with E-state index in [2.05, 4.69) is 13.0 Å². The van der Waals surface area contributed by atoms with Gasteiger partial charge in [0.25, 0.3) is 0 Å². The van der Waals surface area contributed by atoms with Crippen LogP contribution >= 0.6 is 0 Å². The first-order valence-corrected chi connectivity index (χ1v) is 5.38. The van der Waals surface area contributed by atoms with Crippen LogP contribution < -0.4 is 10.6 Å². The highest BCUT2D eigenvalue weighted by atomic mass is 16.3. The predicted octanol–water partition coefficient (Wildman–Crippen LogP) is 1.35. The van der Waals surface area contributed by atoms with Gasteiger partial charge in [-0.1, -0.05) is 6.92 Å². The summed E-state index contributed by atoms with van der Waals surface area (Å²) in [5.74, 6) is 0. The lowest BCUT2D eigenvalue weighted by atomic mass is 10.1. The summed E-state index contributed by atoms with van der Waals surface area (Å²) in [4.78, 5) is 2.00. The van der Waals surface area contributed by atoms with Crippen LogP contribution in [0.25, 0.3) is 0 Å². The molecule has 0 saturated carbocycles. The minimum atomic E-state index is 0.0786. The van der Waals surface area contributed by atoms with E-state index >= 15 is 0 Å². The van der Waals surface area contributed by atoms with E-state index in [-0.39, 0.29) is 6.61 Å². The predicted molar refractivity (Wildman–Crippen MR) is 65.2 cm³/mol. The number of hydrogen-bond acceptors (Lipinski definition) is 4. The van der Waals surface area contributed by atoms with Crippen LogP contribution in [0.15, 0.2) is 18.2 Å². The second kappa shape index (κ2) is 5.99. The maximum Gasteiger partial charge on any atom is 0.101 e. The fourth-order valence-electron chi connectivity index (χ4n) is 1.66. The third-order valence-electron chi connectivity index (χ3n) is 2.35. The molecule has 0 aliphatic carbocycles. The zero-order valence-corrected chi connectivity index (χ0v) is 9.48. The van der Waals surface area contributed by atoms with Gasteiger partial charge in [0.1, 0.15) is 6.07 Å². The van der Waals surface area contributed by atoms with Crippen molar-refractivity contribution >= 4 is 11.4 Å². The van der Waals surface area contributed by atoms with Crippen LogP contribution in [0.3, 0.4) is 0 Å². The van der Waals surface area contributed by atoms with Crippen LogP contribution in [0.2, 0.25) is 0 Å². The van der Waals surface area contributed by atoms with Gasteiger partial charge in [0, 0.05) is 18.8 Å². The number of anilines is 2. The topological polar surface area (TPSA) is 73.3 Å². The van der Waals surface area contributed by atoms with Crippen molar-refractivity contribution in [1.29, 1.82) is 5.26 Å². The van der Waals surface area contributed by atoms with Gasteiger partial charge in [-0.05, 0) is 24.6 Å². The summed E-state index contributed by atoms with van der Waals surface area (Å²) in [6.45, 7) is 3.49. The molecule has 3 N–H and O–H groups in total. The Morgan fingerprint density at radius 1 is 1.44 bits per heavy atom. The molecule has 86 valence electrons. The van der Waals surface area contributed by atoms with Crippen molar-refractivity contribution in [2.45, 2.75) is 13.3 Å². The van der Waals surface area contributed by atoms with Gasteiger partial charge >= 0.3 is 0 Å². The molecule has 0 amide bonds. The molecule has 4 heteroatoms. The lowest BCUT2D eigenvalue weighted by molar-refractivity contribution is 0.302. The third-order valence-corrected chi connectivity index (χ3v) is 2.35. The van der Waals surface area contributed by atoms with E-state index in [1.807, 2.05) is 11.0 Å². The quantitative estimate of drug-likeness (QED) is 0.733. The van der Waals surface area contributed by atoms with Gasteiger partial charge < -0.3 is 15.7 Å². The molecular formula is C12H17N3O. The van der Waals surface area contributed by atoms with Crippen LogP contribution in [0.4, 0.5) is 11.4 Å². The minimum Gasteiger partial charge on any atom is -0.399 e. The molecule has 0 aliphatic heterocycles. The highest BCUT2D eigenvalue weighted by Gasteiger charge is 2.10. The Bertz CT molecular complexity index is 378. The molecule has 0 unspecified atom stereocenters. The maximum absolute atomic E-state index is 9.03. The van der Waals surface area contributed by atoms with Crippen molar-refractivity contribution in [1.82, 2.24) is 0 Å². The van der Waals surface area contributed by atoms with E-state index in [9.17, 15) is 0 Å². The highest BCUT2D eigenvalue weighted by Crippen LogP contribution is 2.22. The Hall–Kier alpha value is -1.73. The molecule has 0 aromatic heterocycles. The van der Waals surface area contributed by atoms with Crippen molar-refractivity contribution < 1.29 is 5.11 Å². The Labute approximate surface area is 95.9 Å². The summed E-state index contributed by atoms with van der Waals surface area (Å²) >= 11 is 0.